The van der Waals surface area contributed by atoms with E-state index < -0.39 is 11.6 Å². The lowest BCUT2D eigenvalue weighted by molar-refractivity contribution is -0.127. The van der Waals surface area contributed by atoms with Gasteiger partial charge in [-0.3, -0.25) is 4.79 Å². The summed E-state index contributed by atoms with van der Waals surface area (Å²) in [5.41, 5.74) is 5.42. The van der Waals surface area contributed by atoms with Crippen molar-refractivity contribution in [3.8, 4) is 16.9 Å². The number of rotatable bonds is 9. The summed E-state index contributed by atoms with van der Waals surface area (Å²) in [6, 6.07) is 34.1. The van der Waals surface area contributed by atoms with Gasteiger partial charge in [-0.2, -0.15) is 0 Å². The molecule has 1 spiro atoms. The van der Waals surface area contributed by atoms with Crippen molar-refractivity contribution in [2.45, 2.75) is 38.0 Å². The molecular formula is C37H33N3O4S. The molecule has 0 bridgehead atoms. The topological polar surface area (TPSA) is 84.3 Å². The third-order valence-electron chi connectivity index (χ3n) is 8.30. The highest BCUT2D eigenvalue weighted by atomic mass is 32.1. The second-order valence-corrected chi connectivity index (χ2v) is 12.4. The molecule has 1 aromatic heterocycles. The first-order valence-corrected chi connectivity index (χ1v) is 16.0. The molecule has 0 unspecified atom stereocenters. The van der Waals surface area contributed by atoms with Crippen molar-refractivity contribution in [2.24, 2.45) is 4.99 Å². The van der Waals surface area contributed by atoms with Crippen LogP contribution in [0.5, 0.6) is 5.75 Å². The molecular weight excluding hydrogens is 582 g/mol. The zero-order valence-electron chi connectivity index (χ0n) is 24.9. The van der Waals surface area contributed by atoms with E-state index in [0.717, 1.165) is 44.2 Å². The van der Waals surface area contributed by atoms with E-state index in [0.29, 0.717) is 37.6 Å². The van der Waals surface area contributed by atoms with Crippen LogP contribution < -0.4 is 9.64 Å². The number of amides is 1. The van der Waals surface area contributed by atoms with E-state index in [4.69, 9.17) is 19.6 Å². The number of aliphatic hydroxyl groups excluding tert-OH is 1. The number of carbonyl (C=O) groups is 1. The summed E-state index contributed by atoms with van der Waals surface area (Å²) in [6.45, 7) is 2.84. The van der Waals surface area contributed by atoms with Gasteiger partial charge in [0.1, 0.15) is 5.75 Å². The number of thiazole rings is 1. The van der Waals surface area contributed by atoms with Crippen LogP contribution >= 0.6 is 11.3 Å². The second kappa shape index (κ2) is 12.3. The number of aliphatic imine (C=N–C) groups is 1. The van der Waals surface area contributed by atoms with Crippen LogP contribution in [0, 0.1) is 6.92 Å². The molecule has 8 heteroatoms. The van der Waals surface area contributed by atoms with Gasteiger partial charge in [0.25, 0.3) is 5.91 Å². The summed E-state index contributed by atoms with van der Waals surface area (Å²) < 4.78 is 12.4. The number of hydrogen-bond donors (Lipinski definition) is 1. The maximum Gasteiger partial charge on any atom is 0.260 e. The Morgan fingerprint density at radius 1 is 0.933 bits per heavy atom. The average Bonchev–Trinajstić information content (AvgIpc) is 3.67. The first kappa shape index (κ1) is 29.0. The summed E-state index contributed by atoms with van der Waals surface area (Å²) in [7, 11) is 0. The van der Waals surface area contributed by atoms with Crippen LogP contribution in [0.15, 0.2) is 114 Å². The summed E-state index contributed by atoms with van der Waals surface area (Å²) in [5, 5.41) is 12.1. The van der Waals surface area contributed by atoms with Gasteiger partial charge in [-0.1, -0.05) is 72.8 Å². The molecule has 5 aromatic rings. The quantitative estimate of drug-likeness (QED) is 0.182. The molecule has 0 aliphatic carbocycles. The third kappa shape index (κ3) is 5.63. The van der Waals surface area contributed by atoms with Crippen molar-refractivity contribution >= 4 is 28.8 Å². The zero-order valence-corrected chi connectivity index (χ0v) is 25.7. The summed E-state index contributed by atoms with van der Waals surface area (Å²) in [5.74, 6) is 1.01. The number of hydrogen-bond acceptors (Lipinski definition) is 7. The molecule has 0 fully saturated rings. The van der Waals surface area contributed by atoms with E-state index in [1.807, 2.05) is 90.0 Å². The average molecular weight is 616 g/mol. The molecule has 2 atom stereocenters. The molecule has 2 aliphatic rings. The maximum absolute atomic E-state index is 14.8. The summed E-state index contributed by atoms with van der Waals surface area (Å²) in [4.78, 5) is 26.5. The van der Waals surface area contributed by atoms with Crippen LogP contribution in [0.1, 0.15) is 39.9 Å². The molecule has 0 saturated heterocycles. The standard InChI is InChI=1S/C37H33N3O4S/c1-25-38-31(24-45-25)23-40-33-11-6-5-10-30(33)22-37(36(40)42)34(28-14-12-27(13-15-28)26-8-3-2-4-9-26)44-35(39-37)29-16-18-32(19-17-29)43-21-7-20-41/h2-6,8-19,24,34,41H,7,20-23H2,1H3/t34-,37-/m1/s1. The van der Waals surface area contributed by atoms with Crippen molar-refractivity contribution in [3.05, 3.63) is 136 Å². The molecule has 7 nitrogen and oxygen atoms in total. The highest BCUT2D eigenvalue weighted by Crippen LogP contribution is 2.48. The number of anilines is 1. The minimum Gasteiger partial charge on any atom is -0.494 e. The molecule has 1 amide bonds. The number of fused-ring (bicyclic) bond motifs is 1. The number of aliphatic hydroxyl groups is 1. The third-order valence-corrected chi connectivity index (χ3v) is 9.12. The van der Waals surface area contributed by atoms with Crippen molar-refractivity contribution in [3.63, 3.8) is 0 Å². The Balaban J connectivity index is 1.30. The number of ether oxygens (including phenoxy) is 2. The predicted octanol–water partition coefficient (Wildman–Crippen LogP) is 6.93. The van der Waals surface area contributed by atoms with Gasteiger partial charge in [-0.15, -0.1) is 11.3 Å². The molecule has 4 aromatic carbocycles. The number of aromatic nitrogens is 1. The molecule has 2 aliphatic heterocycles. The number of nitrogens with zero attached hydrogens (tertiary/aromatic N) is 3. The number of carbonyl (C=O) groups excluding carboxylic acids is 1. The van der Waals surface area contributed by atoms with Gasteiger partial charge in [0, 0.05) is 36.1 Å². The van der Waals surface area contributed by atoms with Crippen LogP contribution in [0.3, 0.4) is 0 Å². The van der Waals surface area contributed by atoms with Crippen LogP contribution in [-0.2, 0) is 22.5 Å². The van der Waals surface area contributed by atoms with E-state index in [2.05, 4.69) is 35.3 Å². The van der Waals surface area contributed by atoms with Gasteiger partial charge in [0.15, 0.2) is 11.6 Å². The number of benzene rings is 4. The van der Waals surface area contributed by atoms with Gasteiger partial charge in [0.2, 0.25) is 5.90 Å². The Bertz CT molecular complexity index is 1840. The molecule has 226 valence electrons. The van der Waals surface area contributed by atoms with Crippen LogP contribution in [0.4, 0.5) is 5.69 Å². The Kier molecular flexibility index (Phi) is 7.92. The Hall–Kier alpha value is -4.79. The second-order valence-electron chi connectivity index (χ2n) is 11.3. The van der Waals surface area contributed by atoms with E-state index in [1.165, 1.54) is 0 Å². The lowest BCUT2D eigenvalue weighted by Gasteiger charge is -2.40. The molecule has 0 saturated carbocycles. The smallest absolute Gasteiger partial charge is 0.260 e. The molecule has 7 rings (SSSR count). The molecule has 1 N–H and O–H groups in total. The van der Waals surface area contributed by atoms with Crippen molar-refractivity contribution in [2.75, 3.05) is 18.1 Å². The SMILES string of the molecule is Cc1nc(CN2C(=O)[C@]3(Cc4ccccc42)N=C(c2ccc(OCCCO)cc2)O[C@@H]3c2ccc(-c3ccccc3)cc2)cs1. The van der Waals surface area contributed by atoms with Crippen LogP contribution in [0.2, 0.25) is 0 Å². The van der Waals surface area contributed by atoms with Crippen molar-refractivity contribution in [1.82, 2.24) is 4.98 Å². The van der Waals surface area contributed by atoms with Crippen LogP contribution in [0.25, 0.3) is 11.1 Å². The largest absolute Gasteiger partial charge is 0.494 e. The predicted molar refractivity (Wildman–Crippen MR) is 177 cm³/mol. The fourth-order valence-corrected chi connectivity index (χ4v) is 6.71. The normalized spacial score (nSPS) is 18.9. The van der Waals surface area contributed by atoms with E-state index in [9.17, 15) is 4.79 Å². The Morgan fingerprint density at radius 2 is 1.64 bits per heavy atom. The van der Waals surface area contributed by atoms with Crippen molar-refractivity contribution < 1.29 is 19.4 Å². The Labute approximate surface area is 266 Å². The highest BCUT2D eigenvalue weighted by molar-refractivity contribution is 7.09. The highest BCUT2D eigenvalue weighted by Gasteiger charge is 2.57. The zero-order chi connectivity index (χ0) is 30.8. The minimum atomic E-state index is -1.21. The molecule has 3 heterocycles. The maximum atomic E-state index is 14.8. The molecule has 0 radical (unpaired) electrons. The van der Waals surface area contributed by atoms with Gasteiger partial charge >= 0.3 is 0 Å². The molecule has 45 heavy (non-hydrogen) atoms. The van der Waals surface area contributed by atoms with Gasteiger partial charge < -0.3 is 19.5 Å². The number of aryl methyl sites for hydroxylation is 1. The lowest BCUT2D eigenvalue weighted by Crippen LogP contribution is -2.55. The van der Waals surface area contributed by atoms with Gasteiger partial charge in [-0.25, -0.2) is 9.98 Å². The van der Waals surface area contributed by atoms with E-state index in [-0.39, 0.29) is 12.5 Å². The summed E-state index contributed by atoms with van der Waals surface area (Å²) >= 11 is 1.58. The van der Waals surface area contributed by atoms with Crippen molar-refractivity contribution in [1.29, 1.82) is 0 Å². The van der Waals surface area contributed by atoms with Crippen LogP contribution in [-0.4, -0.2) is 40.6 Å². The van der Waals surface area contributed by atoms with E-state index >= 15 is 0 Å². The first-order valence-electron chi connectivity index (χ1n) is 15.1. The van der Waals surface area contributed by atoms with Gasteiger partial charge in [-0.05, 0) is 59.5 Å². The monoisotopic (exact) mass is 615 g/mol. The minimum absolute atomic E-state index is 0.0782. The fourth-order valence-electron chi connectivity index (χ4n) is 6.11. The summed E-state index contributed by atoms with van der Waals surface area (Å²) in [6.07, 6.45) is 0.329. The van der Waals surface area contributed by atoms with Gasteiger partial charge in [0.05, 0.1) is 23.9 Å². The first-order chi connectivity index (χ1) is 22.0. The van der Waals surface area contributed by atoms with E-state index in [1.54, 1.807) is 11.3 Å². The fraction of sp³-hybridized carbons (Fsp3) is 0.216. The lowest BCUT2D eigenvalue weighted by atomic mass is 9.78. The Morgan fingerprint density at radius 3 is 2.38 bits per heavy atom. The number of para-hydroxylation sites is 1.